The van der Waals surface area contributed by atoms with Crippen molar-refractivity contribution in [2.75, 3.05) is 20.8 Å². The van der Waals surface area contributed by atoms with Gasteiger partial charge in [-0.2, -0.15) is 0 Å². The van der Waals surface area contributed by atoms with Gasteiger partial charge in [-0.3, -0.25) is 4.79 Å². The number of aryl methyl sites for hydroxylation is 1. The number of nitrogens with one attached hydrogen (secondary N) is 1. The van der Waals surface area contributed by atoms with Gasteiger partial charge in [0, 0.05) is 18.2 Å². The number of carbonyl (C=O) groups is 1. The Morgan fingerprint density at radius 2 is 2.11 bits per heavy atom. The van der Waals surface area contributed by atoms with E-state index >= 15 is 0 Å². The third-order valence-electron chi connectivity index (χ3n) is 2.86. The van der Waals surface area contributed by atoms with E-state index in [1.54, 1.807) is 7.11 Å². The minimum absolute atomic E-state index is 0.130. The summed E-state index contributed by atoms with van der Waals surface area (Å²) < 4.78 is 9.96. The molecule has 1 rings (SSSR count). The molecule has 1 aromatic carbocycles. The van der Waals surface area contributed by atoms with Gasteiger partial charge in [-0.15, -0.1) is 0 Å². The van der Waals surface area contributed by atoms with Gasteiger partial charge in [-0.05, 0) is 25.5 Å². The van der Waals surface area contributed by atoms with Crippen LogP contribution in [0.1, 0.15) is 30.5 Å². The summed E-state index contributed by atoms with van der Waals surface area (Å²) in [7, 11) is 3.06. The van der Waals surface area contributed by atoms with Crippen LogP contribution in [0, 0.1) is 6.92 Å². The molecule has 1 unspecified atom stereocenters. The van der Waals surface area contributed by atoms with E-state index in [0.717, 1.165) is 16.9 Å². The van der Waals surface area contributed by atoms with Crippen LogP contribution in [0.5, 0.6) is 5.75 Å². The van der Waals surface area contributed by atoms with Crippen LogP contribution in [0.15, 0.2) is 18.2 Å². The molecule has 0 aliphatic carbocycles. The Hall–Kier alpha value is -1.55. The number of rotatable bonds is 6. The van der Waals surface area contributed by atoms with Crippen LogP contribution in [0.4, 0.5) is 0 Å². The van der Waals surface area contributed by atoms with Gasteiger partial charge < -0.3 is 14.8 Å². The maximum Gasteiger partial charge on any atom is 0.306 e. The Balaban J connectivity index is 2.60. The lowest BCUT2D eigenvalue weighted by Gasteiger charge is -2.17. The van der Waals surface area contributed by atoms with Crippen LogP contribution in [0.2, 0.25) is 0 Å². The van der Waals surface area contributed by atoms with Crippen molar-refractivity contribution in [2.45, 2.75) is 26.3 Å². The number of esters is 1. The molecule has 1 N–H and O–H groups in total. The van der Waals surface area contributed by atoms with E-state index in [4.69, 9.17) is 4.74 Å². The van der Waals surface area contributed by atoms with E-state index in [9.17, 15) is 4.79 Å². The highest BCUT2D eigenvalue weighted by atomic mass is 16.5. The molecule has 0 amide bonds. The number of hydrogen-bond acceptors (Lipinski definition) is 4. The molecule has 0 aliphatic rings. The van der Waals surface area contributed by atoms with E-state index in [2.05, 4.69) is 16.1 Å². The SMILES string of the molecule is COC(=O)CCNC(C)c1ccc(C)cc1OC. The van der Waals surface area contributed by atoms with Gasteiger partial charge in [0.2, 0.25) is 0 Å². The van der Waals surface area contributed by atoms with Crippen molar-refractivity contribution in [2.24, 2.45) is 0 Å². The van der Waals surface area contributed by atoms with Crippen LogP contribution < -0.4 is 10.1 Å². The first-order valence-electron chi connectivity index (χ1n) is 6.03. The van der Waals surface area contributed by atoms with Crippen molar-refractivity contribution >= 4 is 5.97 Å². The third-order valence-corrected chi connectivity index (χ3v) is 2.86. The highest BCUT2D eigenvalue weighted by Crippen LogP contribution is 2.25. The highest BCUT2D eigenvalue weighted by molar-refractivity contribution is 5.69. The molecular weight excluding hydrogens is 230 g/mol. The fraction of sp³-hybridized carbons (Fsp3) is 0.500. The van der Waals surface area contributed by atoms with Crippen LogP contribution in [0.3, 0.4) is 0 Å². The maximum absolute atomic E-state index is 11.0. The second-order valence-corrected chi connectivity index (χ2v) is 4.25. The molecule has 0 heterocycles. The fourth-order valence-electron chi connectivity index (χ4n) is 1.78. The molecule has 0 aromatic heterocycles. The van der Waals surface area contributed by atoms with Gasteiger partial charge >= 0.3 is 5.97 Å². The summed E-state index contributed by atoms with van der Waals surface area (Å²) >= 11 is 0. The summed E-state index contributed by atoms with van der Waals surface area (Å²) in [4.78, 5) is 11.0. The zero-order valence-corrected chi connectivity index (χ0v) is 11.4. The van der Waals surface area contributed by atoms with Gasteiger partial charge in [-0.25, -0.2) is 0 Å². The number of carbonyl (C=O) groups excluding carboxylic acids is 1. The first-order chi connectivity index (χ1) is 8.58. The zero-order chi connectivity index (χ0) is 13.5. The van der Waals surface area contributed by atoms with E-state index < -0.39 is 0 Å². The zero-order valence-electron chi connectivity index (χ0n) is 11.4. The molecule has 0 radical (unpaired) electrons. The second-order valence-electron chi connectivity index (χ2n) is 4.25. The normalized spacial score (nSPS) is 12.0. The summed E-state index contributed by atoms with van der Waals surface area (Å²) in [5.41, 5.74) is 2.25. The van der Waals surface area contributed by atoms with Crippen molar-refractivity contribution in [1.82, 2.24) is 5.32 Å². The molecule has 0 bridgehead atoms. The standard InChI is InChI=1S/C14H21NO3/c1-10-5-6-12(13(9-10)17-3)11(2)15-8-7-14(16)18-4/h5-6,9,11,15H,7-8H2,1-4H3. The Morgan fingerprint density at radius 3 is 2.72 bits per heavy atom. The number of methoxy groups -OCH3 is 2. The number of hydrogen-bond donors (Lipinski definition) is 1. The van der Waals surface area contributed by atoms with Gasteiger partial charge in [-0.1, -0.05) is 12.1 Å². The van der Waals surface area contributed by atoms with E-state index in [1.807, 2.05) is 26.0 Å². The Bertz CT molecular complexity index is 404. The van der Waals surface area contributed by atoms with Gasteiger partial charge in [0.15, 0.2) is 0 Å². The fourth-order valence-corrected chi connectivity index (χ4v) is 1.78. The molecule has 0 aliphatic heterocycles. The summed E-state index contributed by atoms with van der Waals surface area (Å²) in [6.07, 6.45) is 0.370. The molecule has 1 atom stereocenters. The molecule has 0 saturated heterocycles. The maximum atomic E-state index is 11.0. The number of benzene rings is 1. The summed E-state index contributed by atoms with van der Waals surface area (Å²) in [6.45, 7) is 4.66. The van der Waals surface area contributed by atoms with Crippen LogP contribution in [-0.2, 0) is 9.53 Å². The summed E-state index contributed by atoms with van der Waals surface area (Å²) in [5.74, 6) is 0.665. The Kier molecular flexibility index (Phi) is 5.65. The average Bonchev–Trinajstić information content (AvgIpc) is 2.37. The van der Waals surface area contributed by atoms with Crippen molar-refractivity contribution in [3.63, 3.8) is 0 Å². The van der Waals surface area contributed by atoms with Crippen molar-refractivity contribution in [3.05, 3.63) is 29.3 Å². The second kappa shape index (κ2) is 7.01. The summed E-state index contributed by atoms with van der Waals surface area (Å²) in [6, 6.07) is 6.24. The molecule has 4 heteroatoms. The molecule has 0 saturated carbocycles. The van der Waals surface area contributed by atoms with Gasteiger partial charge in [0.25, 0.3) is 0 Å². The first kappa shape index (κ1) is 14.5. The number of ether oxygens (including phenoxy) is 2. The van der Waals surface area contributed by atoms with Crippen molar-refractivity contribution in [3.8, 4) is 5.75 Å². The van der Waals surface area contributed by atoms with Gasteiger partial charge in [0.1, 0.15) is 5.75 Å². The van der Waals surface area contributed by atoms with Crippen molar-refractivity contribution in [1.29, 1.82) is 0 Å². The van der Waals surface area contributed by atoms with Gasteiger partial charge in [0.05, 0.1) is 20.6 Å². The molecule has 0 fully saturated rings. The predicted octanol–water partition coefficient (Wildman–Crippen LogP) is 2.22. The monoisotopic (exact) mass is 251 g/mol. The van der Waals surface area contributed by atoms with E-state index in [1.165, 1.54) is 7.11 Å². The topological polar surface area (TPSA) is 47.6 Å². The van der Waals surface area contributed by atoms with E-state index in [-0.39, 0.29) is 12.0 Å². The van der Waals surface area contributed by atoms with E-state index in [0.29, 0.717) is 13.0 Å². The molecule has 18 heavy (non-hydrogen) atoms. The minimum atomic E-state index is -0.203. The largest absolute Gasteiger partial charge is 0.496 e. The minimum Gasteiger partial charge on any atom is -0.496 e. The average molecular weight is 251 g/mol. The molecule has 4 nitrogen and oxygen atoms in total. The molecule has 1 aromatic rings. The lowest BCUT2D eigenvalue weighted by Crippen LogP contribution is -2.22. The molecule has 0 spiro atoms. The lowest BCUT2D eigenvalue weighted by atomic mass is 10.0. The van der Waals surface area contributed by atoms with Crippen molar-refractivity contribution < 1.29 is 14.3 Å². The Morgan fingerprint density at radius 1 is 1.39 bits per heavy atom. The third kappa shape index (κ3) is 4.04. The van der Waals surface area contributed by atoms with Crippen LogP contribution in [0.25, 0.3) is 0 Å². The lowest BCUT2D eigenvalue weighted by molar-refractivity contribution is -0.140. The quantitative estimate of drug-likeness (QED) is 0.787. The Labute approximate surface area is 108 Å². The predicted molar refractivity (Wildman–Crippen MR) is 70.8 cm³/mol. The summed E-state index contributed by atoms with van der Waals surface area (Å²) in [5, 5.41) is 3.28. The highest BCUT2D eigenvalue weighted by Gasteiger charge is 2.11. The van der Waals surface area contributed by atoms with Crippen LogP contribution in [-0.4, -0.2) is 26.7 Å². The van der Waals surface area contributed by atoms with Crippen LogP contribution >= 0.6 is 0 Å². The first-order valence-corrected chi connectivity index (χ1v) is 6.03. The molecular formula is C14H21NO3. The smallest absolute Gasteiger partial charge is 0.306 e. The molecule has 100 valence electrons.